The molecule has 0 aromatic heterocycles. The highest BCUT2D eigenvalue weighted by molar-refractivity contribution is 6.31. The second kappa shape index (κ2) is 10.1. The molecule has 146 valence electrons. The van der Waals surface area contributed by atoms with Crippen molar-refractivity contribution in [3.8, 4) is 17.2 Å². The van der Waals surface area contributed by atoms with E-state index in [9.17, 15) is 4.79 Å². The second-order valence-electron chi connectivity index (χ2n) is 6.04. The molecule has 0 saturated carbocycles. The largest absolute Gasteiger partial charge is 0.490 e. The van der Waals surface area contributed by atoms with Gasteiger partial charge < -0.3 is 19.5 Å². The number of aryl methyl sites for hydroxylation is 1. The lowest BCUT2D eigenvalue weighted by atomic mass is 10.2. The summed E-state index contributed by atoms with van der Waals surface area (Å²) in [6.45, 7) is 8.93. The molecule has 0 saturated heterocycles. The number of hydrogen-bond acceptors (Lipinski definition) is 4. The Bertz CT molecular complexity index is 779. The maximum Gasteiger partial charge on any atom is 0.261 e. The van der Waals surface area contributed by atoms with Gasteiger partial charge in [-0.3, -0.25) is 4.79 Å². The number of hydrogen-bond donors (Lipinski definition) is 1. The minimum absolute atomic E-state index is 0.200. The highest BCUT2D eigenvalue weighted by Crippen LogP contribution is 2.28. The van der Waals surface area contributed by atoms with E-state index in [0.717, 1.165) is 11.1 Å². The Morgan fingerprint density at radius 1 is 1.07 bits per heavy atom. The van der Waals surface area contributed by atoms with E-state index in [1.54, 1.807) is 19.1 Å². The summed E-state index contributed by atoms with van der Waals surface area (Å²) in [5.41, 5.74) is 1.82. The smallest absolute Gasteiger partial charge is 0.261 e. The molecule has 2 aromatic carbocycles. The van der Waals surface area contributed by atoms with E-state index in [4.69, 9.17) is 25.8 Å². The van der Waals surface area contributed by atoms with Gasteiger partial charge in [0.15, 0.2) is 17.6 Å². The molecule has 0 radical (unpaired) electrons. The van der Waals surface area contributed by atoms with Gasteiger partial charge in [-0.05, 0) is 69.2 Å². The Kier molecular flexibility index (Phi) is 7.80. The molecular formula is C21H26ClNO4. The fourth-order valence-electron chi connectivity index (χ4n) is 2.49. The molecule has 1 N–H and O–H groups in total. The first-order chi connectivity index (χ1) is 12.9. The van der Waals surface area contributed by atoms with E-state index in [-0.39, 0.29) is 5.91 Å². The summed E-state index contributed by atoms with van der Waals surface area (Å²) in [4.78, 5) is 12.3. The van der Waals surface area contributed by atoms with Gasteiger partial charge in [0, 0.05) is 11.6 Å². The van der Waals surface area contributed by atoms with Crippen LogP contribution in [0, 0.1) is 6.92 Å². The average molecular weight is 392 g/mol. The number of rotatable bonds is 9. The summed E-state index contributed by atoms with van der Waals surface area (Å²) in [5, 5.41) is 3.55. The third-order valence-corrected chi connectivity index (χ3v) is 4.31. The fourth-order valence-corrected chi connectivity index (χ4v) is 2.60. The van der Waals surface area contributed by atoms with Crippen molar-refractivity contribution in [2.75, 3.05) is 13.2 Å². The minimum atomic E-state index is -0.625. The molecule has 1 unspecified atom stereocenters. The lowest BCUT2D eigenvalue weighted by molar-refractivity contribution is -0.127. The second-order valence-corrected chi connectivity index (χ2v) is 6.44. The topological polar surface area (TPSA) is 56.8 Å². The number of benzene rings is 2. The predicted octanol–water partition coefficient (Wildman–Crippen LogP) is 4.53. The van der Waals surface area contributed by atoms with Crippen molar-refractivity contribution in [3.05, 3.63) is 52.5 Å². The van der Waals surface area contributed by atoms with Crippen LogP contribution in [0.1, 0.15) is 31.9 Å². The SMILES string of the molecule is CCOc1ccc(CNC(=O)C(C)Oc2ccc(Cl)c(C)c2)cc1OCC. The van der Waals surface area contributed by atoms with E-state index >= 15 is 0 Å². The molecule has 0 fully saturated rings. The molecule has 1 atom stereocenters. The van der Waals surface area contributed by atoms with Gasteiger partial charge in [-0.25, -0.2) is 0 Å². The Hall–Kier alpha value is -2.40. The van der Waals surface area contributed by atoms with E-state index < -0.39 is 6.10 Å². The van der Waals surface area contributed by atoms with Gasteiger partial charge in [-0.1, -0.05) is 17.7 Å². The number of ether oxygens (including phenoxy) is 3. The first kappa shape index (κ1) is 20.9. The summed E-state index contributed by atoms with van der Waals surface area (Å²) in [6, 6.07) is 11.0. The lowest BCUT2D eigenvalue weighted by Gasteiger charge is -2.16. The van der Waals surface area contributed by atoms with Crippen LogP contribution >= 0.6 is 11.6 Å². The van der Waals surface area contributed by atoms with Crippen molar-refractivity contribution in [1.82, 2.24) is 5.32 Å². The van der Waals surface area contributed by atoms with Crippen molar-refractivity contribution in [2.45, 2.75) is 40.3 Å². The number of halogens is 1. The first-order valence-corrected chi connectivity index (χ1v) is 9.41. The first-order valence-electron chi connectivity index (χ1n) is 9.03. The van der Waals surface area contributed by atoms with E-state index in [0.29, 0.717) is 42.0 Å². The normalized spacial score (nSPS) is 11.6. The fraction of sp³-hybridized carbons (Fsp3) is 0.381. The van der Waals surface area contributed by atoms with Gasteiger partial charge in [0.25, 0.3) is 5.91 Å². The number of nitrogens with one attached hydrogen (secondary N) is 1. The zero-order chi connectivity index (χ0) is 19.8. The highest BCUT2D eigenvalue weighted by Gasteiger charge is 2.15. The van der Waals surface area contributed by atoms with E-state index in [1.165, 1.54) is 0 Å². The Morgan fingerprint density at radius 2 is 1.78 bits per heavy atom. The lowest BCUT2D eigenvalue weighted by Crippen LogP contribution is -2.35. The van der Waals surface area contributed by atoms with Gasteiger partial charge in [0.1, 0.15) is 5.75 Å². The van der Waals surface area contributed by atoms with Crippen molar-refractivity contribution < 1.29 is 19.0 Å². The van der Waals surface area contributed by atoms with Crippen molar-refractivity contribution in [2.24, 2.45) is 0 Å². The van der Waals surface area contributed by atoms with Gasteiger partial charge in [-0.15, -0.1) is 0 Å². The van der Waals surface area contributed by atoms with Crippen LogP contribution < -0.4 is 19.5 Å². The third kappa shape index (κ3) is 6.07. The molecule has 0 aliphatic carbocycles. The van der Waals surface area contributed by atoms with Crippen LogP contribution in [0.3, 0.4) is 0 Å². The molecule has 1 amide bonds. The summed E-state index contributed by atoms with van der Waals surface area (Å²) in [6.07, 6.45) is -0.625. The van der Waals surface area contributed by atoms with Crippen LogP contribution in [0.15, 0.2) is 36.4 Å². The highest BCUT2D eigenvalue weighted by atomic mass is 35.5. The number of amides is 1. The van der Waals surface area contributed by atoms with Crippen LogP contribution in [-0.2, 0) is 11.3 Å². The molecule has 2 aromatic rings. The number of carbonyl (C=O) groups excluding carboxylic acids is 1. The molecule has 5 nitrogen and oxygen atoms in total. The van der Waals surface area contributed by atoms with E-state index in [2.05, 4.69) is 5.32 Å². The van der Waals surface area contributed by atoms with Crippen molar-refractivity contribution in [1.29, 1.82) is 0 Å². The monoisotopic (exact) mass is 391 g/mol. The van der Waals surface area contributed by atoms with E-state index in [1.807, 2.05) is 45.0 Å². The van der Waals surface area contributed by atoms with Gasteiger partial charge in [-0.2, -0.15) is 0 Å². The number of carbonyl (C=O) groups is 1. The summed E-state index contributed by atoms with van der Waals surface area (Å²) in [7, 11) is 0. The molecule has 6 heteroatoms. The molecule has 0 aliphatic heterocycles. The van der Waals surface area contributed by atoms with Gasteiger partial charge in [0.05, 0.1) is 13.2 Å². The Labute approximate surface area is 165 Å². The van der Waals surface area contributed by atoms with Crippen LogP contribution in [0.5, 0.6) is 17.2 Å². The average Bonchev–Trinajstić information content (AvgIpc) is 2.65. The van der Waals surface area contributed by atoms with Crippen molar-refractivity contribution >= 4 is 17.5 Å². The quantitative estimate of drug-likeness (QED) is 0.682. The van der Waals surface area contributed by atoms with Crippen LogP contribution in [-0.4, -0.2) is 25.2 Å². The summed E-state index contributed by atoms with van der Waals surface area (Å²) < 4.78 is 16.9. The predicted molar refractivity (Wildman–Crippen MR) is 107 cm³/mol. The van der Waals surface area contributed by atoms with Crippen molar-refractivity contribution in [3.63, 3.8) is 0 Å². The van der Waals surface area contributed by atoms with Crippen LogP contribution in [0.4, 0.5) is 0 Å². The Balaban J connectivity index is 1.95. The van der Waals surface area contributed by atoms with Gasteiger partial charge >= 0.3 is 0 Å². The molecule has 2 rings (SSSR count). The molecule has 0 aliphatic rings. The molecule has 0 bridgehead atoms. The Morgan fingerprint density at radius 3 is 2.44 bits per heavy atom. The molecular weight excluding hydrogens is 366 g/mol. The zero-order valence-electron chi connectivity index (χ0n) is 16.2. The summed E-state index contributed by atoms with van der Waals surface area (Å²) >= 11 is 6.01. The summed E-state index contributed by atoms with van der Waals surface area (Å²) in [5.74, 6) is 1.78. The van der Waals surface area contributed by atoms with Crippen LogP contribution in [0.2, 0.25) is 5.02 Å². The maximum absolute atomic E-state index is 12.3. The molecule has 0 heterocycles. The standard InChI is InChI=1S/C21H26ClNO4/c1-5-25-19-10-7-16(12-20(19)26-6-2)13-23-21(24)15(4)27-17-8-9-18(22)14(3)11-17/h7-12,15H,5-6,13H2,1-4H3,(H,23,24). The third-order valence-electron chi connectivity index (χ3n) is 3.89. The van der Waals surface area contributed by atoms with Gasteiger partial charge in [0.2, 0.25) is 0 Å². The zero-order valence-corrected chi connectivity index (χ0v) is 16.9. The maximum atomic E-state index is 12.3. The molecule has 27 heavy (non-hydrogen) atoms. The minimum Gasteiger partial charge on any atom is -0.490 e. The molecule has 0 spiro atoms. The van der Waals surface area contributed by atoms with Crippen LogP contribution in [0.25, 0.3) is 0 Å².